The first-order chi connectivity index (χ1) is 9.83. The Hall–Kier alpha value is -2.46. The highest BCUT2D eigenvalue weighted by molar-refractivity contribution is 7.13. The molecule has 98 valence electrons. The highest BCUT2D eigenvalue weighted by atomic mass is 32.1. The van der Waals surface area contributed by atoms with Crippen LogP contribution in [0.3, 0.4) is 0 Å². The normalized spacial score (nSPS) is 11.0. The number of hydrogen-bond acceptors (Lipinski definition) is 3. The minimum Gasteiger partial charge on any atom is -0.298 e. The molecule has 0 aliphatic heterocycles. The molecule has 20 heavy (non-hydrogen) atoms. The molecule has 3 nitrogen and oxygen atoms in total. The number of fused-ring (bicyclic) bond motifs is 1. The predicted molar refractivity (Wildman–Crippen MR) is 83.7 cm³/mol. The lowest BCUT2D eigenvalue weighted by molar-refractivity contribution is -0.111. The van der Waals surface area contributed by atoms with Gasteiger partial charge >= 0.3 is 0 Å². The molecular weight excluding hydrogens is 268 g/mol. The van der Waals surface area contributed by atoms with Gasteiger partial charge in [-0.1, -0.05) is 42.5 Å². The Bertz CT molecular complexity index is 758. The zero-order chi connectivity index (χ0) is 13.8. The number of aromatic nitrogens is 1. The van der Waals surface area contributed by atoms with Gasteiger partial charge in [0.25, 0.3) is 0 Å². The Kier molecular flexibility index (Phi) is 3.56. The van der Waals surface area contributed by atoms with E-state index >= 15 is 0 Å². The largest absolute Gasteiger partial charge is 0.298 e. The molecule has 0 aliphatic rings. The molecule has 1 amide bonds. The van der Waals surface area contributed by atoms with Crippen LogP contribution in [0.25, 0.3) is 16.8 Å². The van der Waals surface area contributed by atoms with Crippen LogP contribution in [-0.4, -0.2) is 10.9 Å². The van der Waals surface area contributed by atoms with Gasteiger partial charge in [-0.25, -0.2) is 4.98 Å². The molecule has 3 rings (SSSR count). The molecule has 1 N–H and O–H groups in total. The minimum absolute atomic E-state index is 0.173. The maximum Gasteiger partial charge on any atom is 0.250 e. The molecule has 0 spiro atoms. The van der Waals surface area contributed by atoms with Crippen molar-refractivity contribution >= 4 is 39.2 Å². The van der Waals surface area contributed by atoms with Crippen LogP contribution in [0.1, 0.15) is 5.56 Å². The van der Waals surface area contributed by atoms with Gasteiger partial charge in [0.1, 0.15) is 0 Å². The van der Waals surface area contributed by atoms with E-state index in [0.717, 1.165) is 16.3 Å². The minimum atomic E-state index is -0.173. The van der Waals surface area contributed by atoms with Crippen LogP contribution in [0.5, 0.6) is 0 Å². The summed E-state index contributed by atoms with van der Waals surface area (Å²) in [6.07, 6.45) is 5.02. The number of benzene rings is 2. The van der Waals surface area contributed by atoms with Crippen LogP contribution < -0.4 is 5.32 Å². The van der Waals surface area contributed by atoms with Crippen LogP contribution in [0.15, 0.2) is 60.1 Å². The molecule has 0 aliphatic carbocycles. The highest BCUT2D eigenvalue weighted by Crippen LogP contribution is 2.19. The molecular formula is C16H12N2OS. The smallest absolute Gasteiger partial charge is 0.250 e. The van der Waals surface area contributed by atoms with Gasteiger partial charge in [0.05, 0.1) is 0 Å². The van der Waals surface area contributed by atoms with E-state index in [1.54, 1.807) is 6.20 Å². The van der Waals surface area contributed by atoms with E-state index in [1.165, 1.54) is 17.4 Å². The maximum atomic E-state index is 11.8. The second-order valence-electron chi connectivity index (χ2n) is 4.23. The van der Waals surface area contributed by atoms with E-state index in [9.17, 15) is 4.79 Å². The summed E-state index contributed by atoms with van der Waals surface area (Å²) in [6, 6.07) is 14.1. The summed E-state index contributed by atoms with van der Waals surface area (Å²) >= 11 is 1.40. The molecule has 1 aromatic heterocycles. The fourth-order valence-corrected chi connectivity index (χ4v) is 2.53. The Morgan fingerprint density at radius 3 is 2.85 bits per heavy atom. The van der Waals surface area contributed by atoms with Gasteiger partial charge in [-0.2, -0.15) is 0 Å². The van der Waals surface area contributed by atoms with Crippen LogP contribution in [0.2, 0.25) is 0 Å². The molecule has 4 heteroatoms. The third-order valence-electron chi connectivity index (χ3n) is 2.90. The van der Waals surface area contributed by atoms with E-state index in [-0.39, 0.29) is 5.91 Å². The highest BCUT2D eigenvalue weighted by Gasteiger charge is 2.00. The van der Waals surface area contributed by atoms with Gasteiger partial charge < -0.3 is 0 Å². The van der Waals surface area contributed by atoms with Crippen molar-refractivity contribution in [3.05, 3.63) is 65.7 Å². The molecule has 0 saturated heterocycles. The van der Waals surface area contributed by atoms with E-state index in [2.05, 4.69) is 22.4 Å². The van der Waals surface area contributed by atoms with Crippen LogP contribution in [-0.2, 0) is 4.79 Å². The summed E-state index contributed by atoms with van der Waals surface area (Å²) in [7, 11) is 0. The lowest BCUT2D eigenvalue weighted by atomic mass is 10.0. The molecule has 0 atom stereocenters. The van der Waals surface area contributed by atoms with Crippen molar-refractivity contribution in [1.82, 2.24) is 4.98 Å². The second-order valence-corrected chi connectivity index (χ2v) is 5.12. The van der Waals surface area contributed by atoms with Crippen LogP contribution >= 0.6 is 11.3 Å². The van der Waals surface area contributed by atoms with Gasteiger partial charge in [-0.05, 0) is 22.4 Å². The summed E-state index contributed by atoms with van der Waals surface area (Å²) in [5.74, 6) is -0.173. The Labute approximate surface area is 120 Å². The van der Waals surface area contributed by atoms with E-state index in [4.69, 9.17) is 0 Å². The standard InChI is InChI=1S/C16H12N2OS/c19-15(18-16-17-10-11-20-16)9-8-13-6-3-5-12-4-1-2-7-14(12)13/h1-11H,(H,17,18,19). The first-order valence-corrected chi connectivity index (χ1v) is 7.07. The lowest BCUT2D eigenvalue weighted by Gasteiger charge is -2.01. The van der Waals surface area contributed by atoms with Crippen molar-refractivity contribution < 1.29 is 4.79 Å². The van der Waals surface area contributed by atoms with Gasteiger partial charge in [-0.3, -0.25) is 10.1 Å². The average molecular weight is 280 g/mol. The Morgan fingerprint density at radius 2 is 2.00 bits per heavy atom. The summed E-state index contributed by atoms with van der Waals surface area (Å²) in [5, 5.41) is 7.45. The summed E-state index contributed by atoms with van der Waals surface area (Å²) in [5.41, 5.74) is 1.03. The van der Waals surface area contributed by atoms with Crippen molar-refractivity contribution in [2.45, 2.75) is 0 Å². The van der Waals surface area contributed by atoms with Crippen molar-refractivity contribution in [3.63, 3.8) is 0 Å². The molecule has 0 fully saturated rings. The predicted octanol–water partition coefficient (Wildman–Crippen LogP) is 3.95. The zero-order valence-corrected chi connectivity index (χ0v) is 11.4. The third kappa shape index (κ3) is 2.75. The SMILES string of the molecule is O=C(C=Cc1cccc2ccccc12)Nc1nccs1. The van der Waals surface area contributed by atoms with E-state index < -0.39 is 0 Å². The Balaban J connectivity index is 1.82. The Morgan fingerprint density at radius 1 is 1.15 bits per heavy atom. The summed E-state index contributed by atoms with van der Waals surface area (Å²) < 4.78 is 0. The number of thiazole rings is 1. The van der Waals surface area contributed by atoms with Gasteiger partial charge in [-0.15, -0.1) is 11.3 Å². The van der Waals surface area contributed by atoms with Gasteiger partial charge in [0.2, 0.25) is 5.91 Å². The number of nitrogens with zero attached hydrogens (tertiary/aromatic N) is 1. The fraction of sp³-hybridized carbons (Fsp3) is 0. The molecule has 2 aromatic carbocycles. The van der Waals surface area contributed by atoms with Crippen molar-refractivity contribution in [3.8, 4) is 0 Å². The van der Waals surface area contributed by atoms with Crippen molar-refractivity contribution in [1.29, 1.82) is 0 Å². The number of anilines is 1. The first-order valence-electron chi connectivity index (χ1n) is 6.19. The zero-order valence-electron chi connectivity index (χ0n) is 10.6. The second kappa shape index (κ2) is 5.67. The fourth-order valence-electron chi connectivity index (χ4n) is 1.99. The molecule has 0 saturated carbocycles. The number of hydrogen-bond donors (Lipinski definition) is 1. The quantitative estimate of drug-likeness (QED) is 0.738. The first kappa shape index (κ1) is 12.6. The number of amides is 1. The van der Waals surface area contributed by atoms with Crippen LogP contribution in [0, 0.1) is 0 Å². The average Bonchev–Trinajstić information content (AvgIpc) is 2.98. The molecule has 0 radical (unpaired) electrons. The number of carbonyl (C=O) groups is 1. The van der Waals surface area contributed by atoms with E-state index in [0.29, 0.717) is 5.13 Å². The van der Waals surface area contributed by atoms with Crippen molar-refractivity contribution in [2.75, 3.05) is 5.32 Å². The summed E-state index contributed by atoms with van der Waals surface area (Å²) in [4.78, 5) is 15.8. The number of carbonyl (C=O) groups excluding carboxylic acids is 1. The number of rotatable bonds is 3. The topological polar surface area (TPSA) is 42.0 Å². The molecule has 3 aromatic rings. The number of nitrogens with one attached hydrogen (secondary N) is 1. The lowest BCUT2D eigenvalue weighted by Crippen LogP contribution is -2.07. The van der Waals surface area contributed by atoms with Crippen LogP contribution in [0.4, 0.5) is 5.13 Å². The molecule has 0 bridgehead atoms. The van der Waals surface area contributed by atoms with Gasteiger partial charge in [0, 0.05) is 17.7 Å². The monoisotopic (exact) mass is 280 g/mol. The van der Waals surface area contributed by atoms with Crippen molar-refractivity contribution in [2.24, 2.45) is 0 Å². The summed E-state index contributed by atoms with van der Waals surface area (Å²) in [6.45, 7) is 0. The van der Waals surface area contributed by atoms with Gasteiger partial charge in [0.15, 0.2) is 5.13 Å². The third-order valence-corrected chi connectivity index (χ3v) is 3.59. The molecule has 1 heterocycles. The molecule has 0 unspecified atom stereocenters. The van der Waals surface area contributed by atoms with E-state index in [1.807, 2.05) is 41.8 Å². The maximum absolute atomic E-state index is 11.8.